The minimum Gasteiger partial charge on any atom is -0.478 e. The minimum atomic E-state index is -4.10. The summed E-state index contributed by atoms with van der Waals surface area (Å²) in [6.45, 7) is 1.96. The van der Waals surface area contributed by atoms with Crippen LogP contribution in [0.5, 0.6) is 0 Å². The molecule has 0 aliphatic heterocycles. The van der Waals surface area contributed by atoms with Crippen molar-refractivity contribution in [1.29, 1.82) is 0 Å². The first-order valence-electron chi connectivity index (χ1n) is 5.40. The molecule has 0 aliphatic rings. The van der Waals surface area contributed by atoms with Gasteiger partial charge in [0, 0.05) is 18.6 Å². The molecule has 8 heteroatoms. The standard InChI is InChI=1S/C11H13ClFNO4S/c1-3-4-14(2)19(17,18)9-6-7(12)5-8(10(9)13)11(15)16/h5-6H,3-4H2,1-2H3,(H,15,16). The van der Waals surface area contributed by atoms with Gasteiger partial charge >= 0.3 is 5.97 Å². The van der Waals surface area contributed by atoms with E-state index in [9.17, 15) is 17.6 Å². The molecule has 106 valence electrons. The molecule has 19 heavy (non-hydrogen) atoms. The molecule has 5 nitrogen and oxygen atoms in total. The van der Waals surface area contributed by atoms with Gasteiger partial charge in [0.15, 0.2) is 5.82 Å². The zero-order chi connectivity index (χ0) is 14.8. The highest BCUT2D eigenvalue weighted by Crippen LogP contribution is 2.26. The average Bonchev–Trinajstić information content (AvgIpc) is 2.31. The molecule has 0 amide bonds. The van der Waals surface area contributed by atoms with Gasteiger partial charge in [0.05, 0.1) is 5.56 Å². The lowest BCUT2D eigenvalue weighted by atomic mass is 10.2. The highest BCUT2D eigenvalue weighted by Gasteiger charge is 2.28. The monoisotopic (exact) mass is 309 g/mol. The number of hydrogen-bond donors (Lipinski definition) is 1. The van der Waals surface area contributed by atoms with E-state index in [4.69, 9.17) is 16.7 Å². The molecule has 0 bridgehead atoms. The summed E-state index contributed by atoms with van der Waals surface area (Å²) >= 11 is 5.64. The zero-order valence-electron chi connectivity index (χ0n) is 10.4. The average molecular weight is 310 g/mol. The Balaban J connectivity index is 3.47. The number of nitrogens with zero attached hydrogens (tertiary/aromatic N) is 1. The van der Waals surface area contributed by atoms with Crippen molar-refractivity contribution < 1.29 is 22.7 Å². The van der Waals surface area contributed by atoms with Crippen LogP contribution in [0.25, 0.3) is 0 Å². The Morgan fingerprint density at radius 3 is 2.53 bits per heavy atom. The molecule has 1 N–H and O–H groups in total. The topological polar surface area (TPSA) is 74.7 Å². The van der Waals surface area contributed by atoms with Crippen LogP contribution in [0.2, 0.25) is 5.02 Å². The number of sulfonamides is 1. The molecule has 0 atom stereocenters. The molecule has 0 fully saturated rings. The largest absolute Gasteiger partial charge is 0.478 e. The summed E-state index contributed by atoms with van der Waals surface area (Å²) in [5, 5.41) is 8.66. The Morgan fingerprint density at radius 1 is 1.47 bits per heavy atom. The molecule has 0 unspecified atom stereocenters. The second-order valence-electron chi connectivity index (χ2n) is 3.90. The van der Waals surface area contributed by atoms with Crippen LogP contribution in [0.3, 0.4) is 0 Å². The summed E-state index contributed by atoms with van der Waals surface area (Å²) in [5.74, 6) is -2.88. The number of carboxylic acid groups (broad SMARTS) is 1. The predicted octanol–water partition coefficient (Wildman–Crippen LogP) is 2.21. The molecule has 1 rings (SSSR count). The number of rotatable bonds is 5. The van der Waals surface area contributed by atoms with Crippen molar-refractivity contribution in [3.63, 3.8) is 0 Å². The lowest BCUT2D eigenvalue weighted by Crippen LogP contribution is -2.28. The van der Waals surface area contributed by atoms with Crippen molar-refractivity contribution >= 4 is 27.6 Å². The Labute approximate surface area is 115 Å². The predicted molar refractivity (Wildman–Crippen MR) is 68.5 cm³/mol. The number of carboxylic acids is 1. The molecular weight excluding hydrogens is 297 g/mol. The van der Waals surface area contributed by atoms with Gasteiger partial charge < -0.3 is 5.11 Å². The smallest absolute Gasteiger partial charge is 0.338 e. The summed E-state index contributed by atoms with van der Waals surface area (Å²) in [5.41, 5.74) is -0.768. The quantitative estimate of drug-likeness (QED) is 0.905. The van der Waals surface area contributed by atoms with Gasteiger partial charge in [-0.05, 0) is 18.6 Å². The molecule has 0 radical (unpaired) electrons. The van der Waals surface area contributed by atoms with Crippen LogP contribution in [-0.2, 0) is 10.0 Å². The number of halogens is 2. The lowest BCUT2D eigenvalue weighted by Gasteiger charge is -2.17. The zero-order valence-corrected chi connectivity index (χ0v) is 11.9. The fraction of sp³-hybridized carbons (Fsp3) is 0.364. The number of carbonyl (C=O) groups is 1. The molecule has 0 saturated heterocycles. The third-order valence-electron chi connectivity index (χ3n) is 2.46. The third kappa shape index (κ3) is 3.23. The van der Waals surface area contributed by atoms with Crippen LogP contribution in [0.15, 0.2) is 17.0 Å². The Hall–Kier alpha value is -1.18. The molecular formula is C11H13ClFNO4S. The van der Waals surface area contributed by atoms with Gasteiger partial charge in [0.25, 0.3) is 0 Å². The molecule has 0 spiro atoms. The van der Waals surface area contributed by atoms with Crippen LogP contribution in [0, 0.1) is 5.82 Å². The molecule has 0 heterocycles. The highest BCUT2D eigenvalue weighted by atomic mass is 35.5. The van der Waals surface area contributed by atoms with Crippen LogP contribution in [0.4, 0.5) is 4.39 Å². The molecule has 0 aliphatic carbocycles. The first-order valence-corrected chi connectivity index (χ1v) is 7.22. The van der Waals surface area contributed by atoms with Crippen molar-refractivity contribution in [3.8, 4) is 0 Å². The van der Waals surface area contributed by atoms with E-state index in [1.807, 2.05) is 0 Å². The van der Waals surface area contributed by atoms with E-state index in [1.165, 1.54) is 7.05 Å². The summed E-state index contributed by atoms with van der Waals surface area (Å²) < 4.78 is 39.1. The van der Waals surface area contributed by atoms with Crippen LogP contribution in [-0.4, -0.2) is 37.4 Å². The Bertz CT molecular complexity index is 603. The summed E-state index contributed by atoms with van der Waals surface area (Å²) in [7, 11) is -2.81. The van der Waals surface area contributed by atoms with E-state index in [0.29, 0.717) is 6.42 Å². The maximum atomic E-state index is 14.0. The van der Waals surface area contributed by atoms with Gasteiger partial charge in [0.2, 0.25) is 10.0 Å². The summed E-state index contributed by atoms with van der Waals surface area (Å²) in [4.78, 5) is 10.1. The number of benzene rings is 1. The SMILES string of the molecule is CCCN(C)S(=O)(=O)c1cc(Cl)cc(C(=O)O)c1F. The van der Waals surface area contributed by atoms with Crippen molar-refractivity contribution in [1.82, 2.24) is 4.31 Å². The normalized spacial score (nSPS) is 11.8. The number of aromatic carboxylic acids is 1. The van der Waals surface area contributed by atoms with Crippen molar-refractivity contribution in [2.24, 2.45) is 0 Å². The maximum Gasteiger partial charge on any atom is 0.338 e. The van der Waals surface area contributed by atoms with Crippen molar-refractivity contribution in [2.45, 2.75) is 18.2 Å². The number of hydrogen-bond acceptors (Lipinski definition) is 3. The highest BCUT2D eigenvalue weighted by molar-refractivity contribution is 7.89. The first kappa shape index (κ1) is 15.9. The van der Waals surface area contributed by atoms with E-state index in [2.05, 4.69) is 0 Å². The van der Waals surface area contributed by atoms with E-state index in [-0.39, 0.29) is 11.6 Å². The Kier molecular flexibility index (Phi) is 4.89. The van der Waals surface area contributed by atoms with Crippen molar-refractivity contribution in [2.75, 3.05) is 13.6 Å². The molecule has 1 aromatic carbocycles. The van der Waals surface area contributed by atoms with Gasteiger partial charge in [-0.2, -0.15) is 0 Å². The van der Waals surface area contributed by atoms with Gasteiger partial charge in [0.1, 0.15) is 4.90 Å². The van der Waals surface area contributed by atoms with Gasteiger partial charge in [-0.1, -0.05) is 18.5 Å². The fourth-order valence-electron chi connectivity index (χ4n) is 1.51. The van der Waals surface area contributed by atoms with Crippen molar-refractivity contribution in [3.05, 3.63) is 28.5 Å². The van der Waals surface area contributed by atoms with E-state index in [0.717, 1.165) is 16.4 Å². The summed E-state index contributed by atoms with van der Waals surface area (Å²) in [6, 6.07) is 1.78. The van der Waals surface area contributed by atoms with Gasteiger partial charge in [-0.15, -0.1) is 0 Å². The summed E-state index contributed by atoms with van der Waals surface area (Å²) in [6.07, 6.45) is 0.545. The second-order valence-corrected chi connectivity index (χ2v) is 6.35. The molecule has 1 aromatic rings. The van der Waals surface area contributed by atoms with E-state index < -0.39 is 32.3 Å². The lowest BCUT2D eigenvalue weighted by molar-refractivity contribution is 0.0691. The molecule has 0 aromatic heterocycles. The Morgan fingerprint density at radius 2 is 2.05 bits per heavy atom. The molecule has 0 saturated carbocycles. The minimum absolute atomic E-state index is 0.151. The van der Waals surface area contributed by atoms with Crippen LogP contribution < -0.4 is 0 Å². The van der Waals surface area contributed by atoms with Crippen LogP contribution in [0.1, 0.15) is 23.7 Å². The van der Waals surface area contributed by atoms with Crippen LogP contribution >= 0.6 is 11.6 Å². The third-order valence-corrected chi connectivity index (χ3v) is 4.54. The maximum absolute atomic E-state index is 14.0. The fourth-order valence-corrected chi connectivity index (χ4v) is 3.16. The van der Waals surface area contributed by atoms with E-state index >= 15 is 0 Å². The first-order chi connectivity index (χ1) is 8.71. The second kappa shape index (κ2) is 5.85. The van der Waals surface area contributed by atoms with Gasteiger partial charge in [-0.25, -0.2) is 21.9 Å². The van der Waals surface area contributed by atoms with Gasteiger partial charge in [-0.3, -0.25) is 0 Å². The van der Waals surface area contributed by atoms with E-state index in [1.54, 1.807) is 6.92 Å².